The molecule has 0 radical (unpaired) electrons. The zero-order valence-electron chi connectivity index (χ0n) is 13.0. The maximum absolute atomic E-state index is 9.72. The standard InChI is InChI=1S/C19H28O2/c20-13-16-12-19-9-2-3-14-8-10-21-18(14)5-1-4-17(19)7-6-15(16)11-19/h8,10,15-17,20H,1-7,9,11-13H2/t15-,16-,17?,19?/m1/s1. The Morgan fingerprint density at radius 1 is 1.14 bits per heavy atom. The van der Waals surface area contributed by atoms with Crippen LogP contribution in [0.15, 0.2) is 16.7 Å². The molecule has 2 heteroatoms. The first-order valence-electron chi connectivity index (χ1n) is 8.97. The van der Waals surface area contributed by atoms with Gasteiger partial charge >= 0.3 is 0 Å². The van der Waals surface area contributed by atoms with E-state index in [1.807, 2.05) is 6.26 Å². The van der Waals surface area contributed by atoms with Crippen molar-refractivity contribution in [2.45, 2.75) is 64.2 Å². The molecule has 1 aromatic rings. The van der Waals surface area contributed by atoms with Gasteiger partial charge in [0.25, 0.3) is 0 Å². The first-order valence-corrected chi connectivity index (χ1v) is 8.97. The third kappa shape index (κ3) is 2.36. The average Bonchev–Trinajstić information content (AvgIpc) is 3.05. The molecule has 0 aliphatic heterocycles. The average molecular weight is 288 g/mol. The van der Waals surface area contributed by atoms with Crippen LogP contribution in [0.25, 0.3) is 0 Å². The molecular weight excluding hydrogens is 260 g/mol. The number of rotatable bonds is 1. The number of furan rings is 1. The van der Waals surface area contributed by atoms with Crippen molar-refractivity contribution < 1.29 is 9.52 Å². The highest BCUT2D eigenvalue weighted by Crippen LogP contribution is 2.60. The van der Waals surface area contributed by atoms with E-state index < -0.39 is 0 Å². The molecule has 0 aromatic carbocycles. The van der Waals surface area contributed by atoms with Crippen LogP contribution in [-0.2, 0) is 12.8 Å². The Hall–Kier alpha value is -0.760. The first-order chi connectivity index (χ1) is 10.3. The van der Waals surface area contributed by atoms with Gasteiger partial charge in [0.05, 0.1) is 6.26 Å². The molecule has 2 bridgehead atoms. The highest BCUT2D eigenvalue weighted by molar-refractivity contribution is 5.18. The zero-order chi connectivity index (χ0) is 14.3. The fraction of sp³-hybridized carbons (Fsp3) is 0.789. The minimum Gasteiger partial charge on any atom is -0.469 e. The fourth-order valence-corrected chi connectivity index (χ4v) is 5.88. The predicted molar refractivity (Wildman–Crippen MR) is 83.0 cm³/mol. The molecule has 4 atom stereocenters. The Balaban J connectivity index is 1.56. The molecule has 2 fully saturated rings. The molecule has 3 aliphatic carbocycles. The van der Waals surface area contributed by atoms with Crippen molar-refractivity contribution >= 4 is 0 Å². The first kappa shape index (κ1) is 13.9. The van der Waals surface area contributed by atoms with Gasteiger partial charge in [-0.05, 0) is 92.6 Å². The van der Waals surface area contributed by atoms with Crippen LogP contribution >= 0.6 is 0 Å². The molecule has 1 N–H and O–H groups in total. The molecule has 2 saturated carbocycles. The Kier molecular flexibility index (Phi) is 3.61. The molecule has 3 aliphatic rings. The van der Waals surface area contributed by atoms with E-state index in [2.05, 4.69) is 6.07 Å². The Labute approximate surface area is 127 Å². The van der Waals surface area contributed by atoms with E-state index in [9.17, 15) is 5.11 Å². The van der Waals surface area contributed by atoms with Gasteiger partial charge in [0.1, 0.15) is 5.76 Å². The van der Waals surface area contributed by atoms with Crippen LogP contribution in [0.3, 0.4) is 0 Å². The third-order valence-electron chi connectivity index (χ3n) is 6.91. The number of hydrogen-bond donors (Lipinski definition) is 1. The Morgan fingerprint density at radius 3 is 3.00 bits per heavy atom. The van der Waals surface area contributed by atoms with Gasteiger partial charge in [0.15, 0.2) is 0 Å². The number of aliphatic hydroxyl groups is 1. The summed E-state index contributed by atoms with van der Waals surface area (Å²) in [5, 5.41) is 9.72. The summed E-state index contributed by atoms with van der Waals surface area (Å²) in [5.74, 6) is 3.57. The maximum Gasteiger partial charge on any atom is 0.106 e. The topological polar surface area (TPSA) is 33.4 Å². The third-order valence-corrected chi connectivity index (χ3v) is 6.91. The second-order valence-electron chi connectivity index (χ2n) is 7.86. The van der Waals surface area contributed by atoms with Gasteiger partial charge < -0.3 is 9.52 Å². The summed E-state index contributed by atoms with van der Waals surface area (Å²) in [6, 6.07) is 2.18. The van der Waals surface area contributed by atoms with E-state index in [1.165, 1.54) is 69.1 Å². The van der Waals surface area contributed by atoms with Crippen LogP contribution in [0.5, 0.6) is 0 Å². The molecule has 21 heavy (non-hydrogen) atoms. The van der Waals surface area contributed by atoms with Crippen molar-refractivity contribution in [3.05, 3.63) is 23.7 Å². The van der Waals surface area contributed by atoms with E-state index in [4.69, 9.17) is 4.42 Å². The summed E-state index contributed by atoms with van der Waals surface area (Å²) in [6.07, 6.45) is 15.0. The van der Waals surface area contributed by atoms with Gasteiger partial charge in [-0.3, -0.25) is 0 Å². The summed E-state index contributed by atoms with van der Waals surface area (Å²) >= 11 is 0. The minimum absolute atomic E-state index is 0.422. The predicted octanol–water partition coefficient (Wildman–Crippen LogP) is 4.35. The van der Waals surface area contributed by atoms with Crippen LogP contribution in [-0.4, -0.2) is 11.7 Å². The molecule has 1 spiro atoms. The maximum atomic E-state index is 9.72. The summed E-state index contributed by atoms with van der Waals surface area (Å²) in [7, 11) is 0. The number of hydrogen-bond acceptors (Lipinski definition) is 2. The second-order valence-corrected chi connectivity index (χ2v) is 7.86. The van der Waals surface area contributed by atoms with Gasteiger partial charge in [-0.15, -0.1) is 0 Å². The second kappa shape index (κ2) is 5.46. The molecule has 2 unspecified atom stereocenters. The van der Waals surface area contributed by atoms with Crippen LogP contribution < -0.4 is 0 Å². The molecule has 116 valence electrons. The number of fused-ring (bicyclic) bond motifs is 2. The van der Waals surface area contributed by atoms with Crippen LogP contribution in [0, 0.1) is 23.2 Å². The van der Waals surface area contributed by atoms with Gasteiger partial charge in [-0.25, -0.2) is 0 Å². The highest BCUT2D eigenvalue weighted by atomic mass is 16.3. The molecule has 0 saturated heterocycles. The largest absolute Gasteiger partial charge is 0.469 e. The van der Waals surface area contributed by atoms with Crippen LogP contribution in [0.2, 0.25) is 0 Å². The number of aliphatic hydroxyl groups excluding tert-OH is 1. The molecular formula is C19H28O2. The normalized spacial score (nSPS) is 39.6. The Bertz CT molecular complexity index is 492. The Morgan fingerprint density at radius 2 is 2.10 bits per heavy atom. The van der Waals surface area contributed by atoms with Gasteiger partial charge in [0, 0.05) is 13.0 Å². The van der Waals surface area contributed by atoms with Crippen molar-refractivity contribution in [2.75, 3.05) is 6.61 Å². The molecule has 0 amide bonds. The van der Waals surface area contributed by atoms with Crippen LogP contribution in [0.4, 0.5) is 0 Å². The van der Waals surface area contributed by atoms with Gasteiger partial charge in [-0.1, -0.05) is 0 Å². The number of aryl methyl sites for hydroxylation is 2. The molecule has 2 nitrogen and oxygen atoms in total. The van der Waals surface area contributed by atoms with E-state index in [1.54, 1.807) is 0 Å². The molecule has 1 heterocycles. The van der Waals surface area contributed by atoms with E-state index in [0.717, 1.165) is 18.3 Å². The van der Waals surface area contributed by atoms with Crippen molar-refractivity contribution in [2.24, 2.45) is 23.2 Å². The van der Waals surface area contributed by atoms with Crippen LogP contribution in [0.1, 0.15) is 62.7 Å². The zero-order valence-corrected chi connectivity index (χ0v) is 13.0. The monoisotopic (exact) mass is 288 g/mol. The van der Waals surface area contributed by atoms with Crippen molar-refractivity contribution in [1.29, 1.82) is 0 Å². The SMILES string of the molecule is OC[C@H]1CC23CCCc4ccoc4CCCC2CC[C@@H]1C3. The van der Waals surface area contributed by atoms with Gasteiger partial charge in [0.2, 0.25) is 0 Å². The summed E-state index contributed by atoms with van der Waals surface area (Å²) < 4.78 is 5.68. The fourth-order valence-electron chi connectivity index (χ4n) is 5.88. The lowest BCUT2D eigenvalue weighted by Gasteiger charge is -2.42. The summed E-state index contributed by atoms with van der Waals surface area (Å²) in [5.41, 5.74) is 2.02. The van der Waals surface area contributed by atoms with Crippen molar-refractivity contribution in [3.8, 4) is 0 Å². The van der Waals surface area contributed by atoms with E-state index in [0.29, 0.717) is 17.9 Å². The lowest BCUT2D eigenvalue weighted by molar-refractivity contribution is 0.0875. The lowest BCUT2D eigenvalue weighted by atomic mass is 9.63. The summed E-state index contributed by atoms with van der Waals surface area (Å²) in [6.45, 7) is 0.422. The molecule has 4 rings (SSSR count). The lowest BCUT2D eigenvalue weighted by Crippen LogP contribution is -2.32. The van der Waals surface area contributed by atoms with Gasteiger partial charge in [-0.2, -0.15) is 0 Å². The van der Waals surface area contributed by atoms with Crippen molar-refractivity contribution in [1.82, 2.24) is 0 Å². The summed E-state index contributed by atoms with van der Waals surface area (Å²) in [4.78, 5) is 0. The molecule has 1 aromatic heterocycles. The quantitative estimate of drug-likeness (QED) is 0.833. The minimum atomic E-state index is 0.422. The highest BCUT2D eigenvalue weighted by Gasteiger charge is 2.51. The van der Waals surface area contributed by atoms with E-state index in [-0.39, 0.29) is 0 Å². The van der Waals surface area contributed by atoms with E-state index >= 15 is 0 Å². The smallest absolute Gasteiger partial charge is 0.106 e. The van der Waals surface area contributed by atoms with Crippen molar-refractivity contribution in [3.63, 3.8) is 0 Å².